The Hall–Kier alpha value is -1.93. The van der Waals surface area contributed by atoms with Crippen LogP contribution in [0.4, 0.5) is 0 Å². The van der Waals surface area contributed by atoms with Crippen molar-refractivity contribution in [2.24, 2.45) is 0 Å². The van der Waals surface area contributed by atoms with Gasteiger partial charge in [0.1, 0.15) is 11.3 Å². The van der Waals surface area contributed by atoms with Crippen molar-refractivity contribution in [3.05, 3.63) is 36.2 Å². The number of aromatic nitrogens is 4. The molecule has 3 aromatic rings. The second kappa shape index (κ2) is 5.12. The minimum atomic E-state index is -3.37. The van der Waals surface area contributed by atoms with Gasteiger partial charge in [0, 0.05) is 6.26 Å². The van der Waals surface area contributed by atoms with Gasteiger partial charge in [-0.05, 0) is 12.1 Å². The Bertz CT molecular complexity index is 887. The van der Waals surface area contributed by atoms with Crippen LogP contribution in [0.3, 0.4) is 0 Å². The van der Waals surface area contributed by atoms with Crippen LogP contribution in [0.5, 0.6) is 0 Å². The van der Waals surface area contributed by atoms with Gasteiger partial charge in [0.2, 0.25) is 6.39 Å². The van der Waals surface area contributed by atoms with Crippen LogP contribution >= 0.6 is 11.6 Å². The molecule has 0 saturated heterocycles. The molecule has 21 heavy (non-hydrogen) atoms. The van der Waals surface area contributed by atoms with Crippen LogP contribution in [0.2, 0.25) is 0 Å². The largest absolute Gasteiger partial charge is 0.343 e. The summed E-state index contributed by atoms with van der Waals surface area (Å²) in [4.78, 5) is 8.48. The molecule has 9 heteroatoms. The van der Waals surface area contributed by atoms with Crippen molar-refractivity contribution in [3.8, 4) is 0 Å². The van der Waals surface area contributed by atoms with Crippen molar-refractivity contribution in [2.75, 3.05) is 6.26 Å². The maximum atomic E-state index is 11.9. The number of imidazole rings is 1. The zero-order valence-corrected chi connectivity index (χ0v) is 12.6. The number of fused-ring (bicyclic) bond motifs is 1. The highest BCUT2D eigenvalue weighted by Crippen LogP contribution is 2.25. The summed E-state index contributed by atoms with van der Waals surface area (Å²) in [6, 6.07) is 4.99. The topological polar surface area (TPSA) is 90.9 Å². The van der Waals surface area contributed by atoms with Gasteiger partial charge >= 0.3 is 0 Å². The summed E-state index contributed by atoms with van der Waals surface area (Å²) >= 11 is 5.91. The number of rotatable bonds is 4. The maximum absolute atomic E-state index is 11.9. The molecule has 0 aliphatic heterocycles. The lowest BCUT2D eigenvalue weighted by molar-refractivity contribution is 0.408. The van der Waals surface area contributed by atoms with Crippen molar-refractivity contribution >= 4 is 32.5 Å². The smallest absolute Gasteiger partial charge is 0.213 e. The summed E-state index contributed by atoms with van der Waals surface area (Å²) < 4.78 is 30.2. The van der Waals surface area contributed by atoms with Gasteiger partial charge < -0.3 is 9.09 Å². The Morgan fingerprint density at radius 2 is 2.19 bits per heavy atom. The molecule has 110 valence electrons. The van der Waals surface area contributed by atoms with Crippen LogP contribution < -0.4 is 0 Å². The zero-order valence-electron chi connectivity index (χ0n) is 11.0. The maximum Gasteiger partial charge on any atom is 0.213 e. The van der Waals surface area contributed by atoms with E-state index in [0.717, 1.165) is 6.26 Å². The SMILES string of the molecule is CS(=O)(=O)c1cccc2c1nc(CCl)n2Cc1ncon1. The van der Waals surface area contributed by atoms with Gasteiger partial charge in [-0.2, -0.15) is 4.98 Å². The Labute approximate surface area is 125 Å². The van der Waals surface area contributed by atoms with Crippen LogP contribution in [0.15, 0.2) is 34.0 Å². The second-order valence-corrected chi connectivity index (χ2v) is 6.74. The molecule has 0 fully saturated rings. The number of benzene rings is 1. The summed E-state index contributed by atoms with van der Waals surface area (Å²) in [5.41, 5.74) is 1.07. The fraction of sp³-hybridized carbons (Fsp3) is 0.250. The fourth-order valence-electron chi connectivity index (χ4n) is 2.15. The molecule has 2 aromatic heterocycles. The molecule has 0 N–H and O–H groups in total. The molecule has 2 heterocycles. The van der Waals surface area contributed by atoms with Crippen LogP contribution in [-0.4, -0.2) is 34.4 Å². The Morgan fingerprint density at radius 3 is 2.81 bits per heavy atom. The van der Waals surface area contributed by atoms with E-state index in [2.05, 4.69) is 15.1 Å². The molecule has 0 amide bonds. The van der Waals surface area contributed by atoms with E-state index >= 15 is 0 Å². The van der Waals surface area contributed by atoms with Gasteiger partial charge in [-0.1, -0.05) is 11.2 Å². The lowest BCUT2D eigenvalue weighted by Crippen LogP contribution is -2.05. The van der Waals surface area contributed by atoms with Gasteiger partial charge in [-0.15, -0.1) is 11.6 Å². The normalized spacial score (nSPS) is 12.1. The molecule has 0 atom stereocenters. The molecular formula is C12H11ClN4O3S. The first-order chi connectivity index (χ1) is 10.0. The first-order valence-corrected chi connectivity index (χ1v) is 8.42. The third kappa shape index (κ3) is 2.52. The molecule has 0 spiro atoms. The van der Waals surface area contributed by atoms with Gasteiger partial charge in [0.15, 0.2) is 15.7 Å². The predicted molar refractivity (Wildman–Crippen MR) is 75.8 cm³/mol. The number of para-hydroxylation sites is 1. The van der Waals surface area contributed by atoms with Crippen molar-refractivity contribution in [2.45, 2.75) is 17.3 Å². The number of alkyl halides is 1. The van der Waals surface area contributed by atoms with Crippen LogP contribution in [0, 0.1) is 0 Å². The Balaban J connectivity index is 2.24. The highest BCUT2D eigenvalue weighted by Gasteiger charge is 2.19. The standard InChI is InChI=1S/C12H11ClN4O3S/c1-21(18,19)9-4-2-3-8-12(9)15-11(5-13)17(8)6-10-14-7-20-16-10/h2-4,7H,5-6H2,1H3. The second-order valence-electron chi connectivity index (χ2n) is 4.49. The molecule has 0 unspecified atom stereocenters. The molecule has 0 radical (unpaired) electrons. The summed E-state index contributed by atoms with van der Waals surface area (Å²) in [5.74, 6) is 1.16. The van der Waals surface area contributed by atoms with E-state index in [9.17, 15) is 8.42 Å². The first kappa shape index (κ1) is 14.0. The van der Waals surface area contributed by atoms with Gasteiger partial charge in [0.05, 0.1) is 22.8 Å². The number of nitrogens with zero attached hydrogens (tertiary/aromatic N) is 4. The minimum Gasteiger partial charge on any atom is -0.343 e. The van der Waals surface area contributed by atoms with Crippen LogP contribution in [0.25, 0.3) is 11.0 Å². The molecule has 7 nitrogen and oxygen atoms in total. The molecule has 0 aliphatic rings. The molecular weight excluding hydrogens is 316 g/mol. The lowest BCUT2D eigenvalue weighted by atomic mass is 10.3. The van der Waals surface area contributed by atoms with E-state index in [4.69, 9.17) is 16.1 Å². The third-order valence-corrected chi connectivity index (χ3v) is 4.41. The highest BCUT2D eigenvalue weighted by atomic mass is 35.5. The van der Waals surface area contributed by atoms with Crippen molar-refractivity contribution in [1.29, 1.82) is 0 Å². The highest BCUT2D eigenvalue weighted by molar-refractivity contribution is 7.91. The Kier molecular flexibility index (Phi) is 3.42. The molecule has 1 aromatic carbocycles. The van der Waals surface area contributed by atoms with E-state index in [1.807, 2.05) is 0 Å². The Morgan fingerprint density at radius 1 is 1.38 bits per heavy atom. The number of halogens is 1. The van der Waals surface area contributed by atoms with Crippen molar-refractivity contribution < 1.29 is 12.9 Å². The van der Waals surface area contributed by atoms with E-state index in [1.54, 1.807) is 16.7 Å². The summed E-state index contributed by atoms with van der Waals surface area (Å²) in [5, 5.41) is 3.75. The van der Waals surface area contributed by atoms with Crippen LogP contribution in [-0.2, 0) is 22.3 Å². The summed E-state index contributed by atoms with van der Waals surface area (Å²) in [6.45, 7) is 0.308. The average molecular weight is 327 g/mol. The van der Waals surface area contributed by atoms with E-state index in [0.29, 0.717) is 29.2 Å². The molecule has 3 rings (SSSR count). The summed E-state index contributed by atoms with van der Waals surface area (Å²) in [7, 11) is -3.37. The number of hydrogen-bond acceptors (Lipinski definition) is 6. The van der Waals surface area contributed by atoms with Crippen molar-refractivity contribution in [1.82, 2.24) is 19.7 Å². The third-order valence-electron chi connectivity index (χ3n) is 3.05. The average Bonchev–Trinajstić information content (AvgIpc) is 3.05. The monoisotopic (exact) mass is 326 g/mol. The molecule has 0 bridgehead atoms. The first-order valence-electron chi connectivity index (χ1n) is 6.00. The number of sulfone groups is 1. The van der Waals surface area contributed by atoms with E-state index < -0.39 is 9.84 Å². The molecule has 0 aliphatic carbocycles. The summed E-state index contributed by atoms with van der Waals surface area (Å²) in [6.07, 6.45) is 2.39. The van der Waals surface area contributed by atoms with Crippen LogP contribution in [0.1, 0.15) is 11.6 Å². The van der Waals surface area contributed by atoms with Crippen molar-refractivity contribution in [3.63, 3.8) is 0 Å². The van der Waals surface area contributed by atoms with Gasteiger partial charge in [-0.25, -0.2) is 13.4 Å². The van der Waals surface area contributed by atoms with Gasteiger partial charge in [-0.3, -0.25) is 0 Å². The van der Waals surface area contributed by atoms with Gasteiger partial charge in [0.25, 0.3) is 0 Å². The zero-order chi connectivity index (χ0) is 15.0. The van der Waals surface area contributed by atoms with E-state index in [-0.39, 0.29) is 10.8 Å². The quantitative estimate of drug-likeness (QED) is 0.676. The molecule has 0 saturated carbocycles. The minimum absolute atomic E-state index is 0.149. The predicted octanol–water partition coefficient (Wildman–Crippen LogP) is 1.61. The number of hydrogen-bond donors (Lipinski definition) is 0. The fourth-order valence-corrected chi connectivity index (χ4v) is 3.18. The lowest BCUT2D eigenvalue weighted by Gasteiger charge is -2.04. The van der Waals surface area contributed by atoms with E-state index in [1.165, 1.54) is 12.5 Å².